The van der Waals surface area contributed by atoms with Gasteiger partial charge >= 0.3 is 0 Å². The molecule has 15 heavy (non-hydrogen) atoms. The number of nitrogens with zero attached hydrogens (tertiary/aromatic N) is 4. The van der Waals surface area contributed by atoms with Crippen LogP contribution in [0.25, 0.3) is 11.3 Å². The normalized spacial score (nSPS) is 9.87. The van der Waals surface area contributed by atoms with E-state index in [1.165, 1.54) is 24.7 Å². The van der Waals surface area contributed by atoms with Gasteiger partial charge in [0.05, 0.1) is 10.6 Å². The summed E-state index contributed by atoms with van der Waals surface area (Å²) in [6.45, 7) is 0. The van der Waals surface area contributed by atoms with Crippen LogP contribution in [0, 0.1) is 10.1 Å². The summed E-state index contributed by atoms with van der Waals surface area (Å²) in [5, 5.41) is 10.5. The van der Waals surface area contributed by atoms with Crippen LogP contribution >= 0.6 is 0 Å². The van der Waals surface area contributed by atoms with Gasteiger partial charge in [0.15, 0.2) is 0 Å². The predicted molar refractivity (Wildman–Crippen MR) is 51.9 cm³/mol. The van der Waals surface area contributed by atoms with Crippen molar-refractivity contribution >= 4 is 5.69 Å². The number of pyridine rings is 1. The van der Waals surface area contributed by atoms with Crippen molar-refractivity contribution in [3.63, 3.8) is 0 Å². The van der Waals surface area contributed by atoms with Gasteiger partial charge < -0.3 is 0 Å². The van der Waals surface area contributed by atoms with E-state index < -0.39 is 4.92 Å². The summed E-state index contributed by atoms with van der Waals surface area (Å²) in [6, 6.07) is 2.73. The van der Waals surface area contributed by atoms with Crippen molar-refractivity contribution in [3.8, 4) is 11.3 Å². The molecule has 0 aliphatic rings. The van der Waals surface area contributed by atoms with Gasteiger partial charge in [-0.2, -0.15) is 0 Å². The minimum absolute atomic E-state index is 0.00357. The zero-order chi connectivity index (χ0) is 10.7. The van der Waals surface area contributed by atoms with Gasteiger partial charge in [0.2, 0.25) is 0 Å². The smallest absolute Gasteiger partial charge is 0.258 e. The standard InChI is InChI=1S/C9H6N4O2/c14-13(15)8-1-2-12-9(3-8)7-4-10-6-11-5-7/h1-6H. The van der Waals surface area contributed by atoms with Gasteiger partial charge in [-0.1, -0.05) is 0 Å². The monoisotopic (exact) mass is 202 g/mol. The summed E-state index contributed by atoms with van der Waals surface area (Å²) in [4.78, 5) is 21.7. The van der Waals surface area contributed by atoms with E-state index in [2.05, 4.69) is 15.0 Å². The lowest BCUT2D eigenvalue weighted by Crippen LogP contribution is -1.91. The van der Waals surface area contributed by atoms with Gasteiger partial charge in [0.25, 0.3) is 5.69 Å². The Hall–Kier alpha value is -2.37. The maximum absolute atomic E-state index is 10.5. The van der Waals surface area contributed by atoms with Crippen LogP contribution in [0.3, 0.4) is 0 Å². The fourth-order valence-electron chi connectivity index (χ4n) is 1.12. The number of hydrogen-bond acceptors (Lipinski definition) is 5. The van der Waals surface area contributed by atoms with E-state index in [1.807, 2.05) is 0 Å². The summed E-state index contributed by atoms with van der Waals surface area (Å²) in [6.07, 6.45) is 5.89. The molecule has 0 aliphatic heterocycles. The molecule has 2 rings (SSSR count). The number of nitro groups is 1. The third kappa shape index (κ3) is 1.93. The van der Waals surface area contributed by atoms with E-state index >= 15 is 0 Å². The maximum atomic E-state index is 10.5. The fourth-order valence-corrected chi connectivity index (χ4v) is 1.12. The molecular weight excluding hydrogens is 196 g/mol. The Labute approximate surface area is 84.8 Å². The Kier molecular flexibility index (Phi) is 2.32. The SMILES string of the molecule is O=[N+]([O-])c1ccnc(-c2cncnc2)c1. The van der Waals surface area contributed by atoms with E-state index in [1.54, 1.807) is 12.4 Å². The van der Waals surface area contributed by atoms with Crippen LogP contribution in [0.2, 0.25) is 0 Å². The van der Waals surface area contributed by atoms with Crippen LogP contribution in [-0.4, -0.2) is 19.9 Å². The Morgan fingerprint density at radius 1 is 1.27 bits per heavy atom. The lowest BCUT2D eigenvalue weighted by Gasteiger charge is -1.98. The molecule has 0 N–H and O–H groups in total. The topological polar surface area (TPSA) is 81.8 Å². The van der Waals surface area contributed by atoms with Crippen molar-refractivity contribution in [3.05, 3.63) is 47.2 Å². The minimum Gasteiger partial charge on any atom is -0.258 e. The van der Waals surface area contributed by atoms with Gasteiger partial charge in [-0.3, -0.25) is 15.1 Å². The molecule has 0 bridgehead atoms. The molecule has 2 aromatic heterocycles. The summed E-state index contributed by atoms with van der Waals surface area (Å²) < 4.78 is 0. The molecule has 2 heterocycles. The molecule has 74 valence electrons. The number of rotatable bonds is 2. The van der Waals surface area contributed by atoms with Gasteiger partial charge in [-0.05, 0) is 0 Å². The van der Waals surface area contributed by atoms with Crippen LogP contribution < -0.4 is 0 Å². The molecule has 0 aliphatic carbocycles. The first-order valence-electron chi connectivity index (χ1n) is 4.13. The van der Waals surface area contributed by atoms with E-state index in [-0.39, 0.29) is 5.69 Å². The van der Waals surface area contributed by atoms with Gasteiger partial charge in [-0.25, -0.2) is 9.97 Å². The van der Waals surface area contributed by atoms with E-state index in [4.69, 9.17) is 0 Å². The molecule has 2 aromatic rings. The lowest BCUT2D eigenvalue weighted by atomic mass is 10.2. The van der Waals surface area contributed by atoms with Crippen molar-refractivity contribution in [2.45, 2.75) is 0 Å². The van der Waals surface area contributed by atoms with Crippen LogP contribution in [-0.2, 0) is 0 Å². The lowest BCUT2D eigenvalue weighted by molar-refractivity contribution is -0.384. The van der Waals surface area contributed by atoms with E-state index in [0.29, 0.717) is 11.3 Å². The number of hydrogen-bond donors (Lipinski definition) is 0. The van der Waals surface area contributed by atoms with Crippen molar-refractivity contribution in [2.75, 3.05) is 0 Å². The molecule has 0 saturated carbocycles. The molecule has 6 heteroatoms. The Bertz CT molecular complexity index is 486. The summed E-state index contributed by atoms with van der Waals surface area (Å²) in [5.41, 5.74) is 1.15. The zero-order valence-corrected chi connectivity index (χ0v) is 7.57. The van der Waals surface area contributed by atoms with Gasteiger partial charge in [-0.15, -0.1) is 0 Å². The second-order valence-corrected chi connectivity index (χ2v) is 2.78. The molecule has 6 nitrogen and oxygen atoms in total. The third-order valence-corrected chi connectivity index (χ3v) is 1.81. The highest BCUT2D eigenvalue weighted by atomic mass is 16.6. The van der Waals surface area contributed by atoms with Crippen LogP contribution in [0.5, 0.6) is 0 Å². The molecular formula is C9H6N4O2. The maximum Gasteiger partial charge on any atom is 0.273 e. The average molecular weight is 202 g/mol. The highest BCUT2D eigenvalue weighted by Crippen LogP contribution is 2.19. The summed E-state index contributed by atoms with van der Waals surface area (Å²) >= 11 is 0. The Balaban J connectivity index is 2.46. The second kappa shape index (κ2) is 3.79. The molecule has 0 unspecified atom stereocenters. The van der Waals surface area contributed by atoms with Crippen molar-refractivity contribution in [1.82, 2.24) is 15.0 Å². The average Bonchev–Trinajstić information content (AvgIpc) is 2.30. The summed E-state index contributed by atoms with van der Waals surface area (Å²) in [7, 11) is 0. The first kappa shape index (κ1) is 9.20. The second-order valence-electron chi connectivity index (χ2n) is 2.78. The minimum atomic E-state index is -0.463. The van der Waals surface area contributed by atoms with Crippen molar-refractivity contribution in [2.24, 2.45) is 0 Å². The molecule has 0 amide bonds. The molecule has 0 aromatic carbocycles. The highest BCUT2D eigenvalue weighted by molar-refractivity contribution is 5.59. The first-order valence-corrected chi connectivity index (χ1v) is 4.13. The van der Waals surface area contributed by atoms with Gasteiger partial charge in [0.1, 0.15) is 6.33 Å². The van der Waals surface area contributed by atoms with Crippen molar-refractivity contribution < 1.29 is 4.92 Å². The largest absolute Gasteiger partial charge is 0.273 e. The summed E-state index contributed by atoms with van der Waals surface area (Å²) in [5.74, 6) is 0. The van der Waals surface area contributed by atoms with E-state index in [0.717, 1.165) is 0 Å². The van der Waals surface area contributed by atoms with Crippen LogP contribution in [0.1, 0.15) is 0 Å². The molecule has 0 radical (unpaired) electrons. The fraction of sp³-hybridized carbons (Fsp3) is 0. The highest BCUT2D eigenvalue weighted by Gasteiger charge is 2.07. The van der Waals surface area contributed by atoms with E-state index in [9.17, 15) is 10.1 Å². The Morgan fingerprint density at radius 2 is 2.00 bits per heavy atom. The first-order chi connectivity index (χ1) is 7.27. The number of aromatic nitrogens is 3. The predicted octanol–water partition coefficient (Wildman–Crippen LogP) is 1.45. The quantitative estimate of drug-likeness (QED) is 0.543. The molecule has 0 spiro atoms. The molecule has 0 fully saturated rings. The van der Waals surface area contributed by atoms with Crippen LogP contribution in [0.4, 0.5) is 5.69 Å². The van der Waals surface area contributed by atoms with Crippen molar-refractivity contribution in [1.29, 1.82) is 0 Å². The van der Waals surface area contributed by atoms with Gasteiger partial charge in [0, 0.05) is 36.3 Å². The zero-order valence-electron chi connectivity index (χ0n) is 7.57. The third-order valence-electron chi connectivity index (χ3n) is 1.81. The van der Waals surface area contributed by atoms with Crippen LogP contribution in [0.15, 0.2) is 37.1 Å². The molecule has 0 saturated heterocycles. The Morgan fingerprint density at radius 3 is 2.67 bits per heavy atom. The molecule has 0 atom stereocenters.